The Bertz CT molecular complexity index is 649. The highest BCUT2D eigenvalue weighted by molar-refractivity contribution is 7.89. The Hall–Kier alpha value is -1.29. The smallest absolute Gasteiger partial charge is 0.277 e. The molecule has 4 N–H and O–H groups in total. The fourth-order valence-electron chi connectivity index (χ4n) is 1.66. The Morgan fingerprint density at radius 2 is 1.83 bits per heavy atom. The monoisotopic (exact) mass is 369 g/mol. The third-order valence-electron chi connectivity index (χ3n) is 3.13. The van der Waals surface area contributed by atoms with Crippen molar-refractivity contribution in [3.8, 4) is 0 Å². The molecule has 1 aromatic rings. The van der Waals surface area contributed by atoms with Crippen molar-refractivity contribution in [1.82, 2.24) is 10.0 Å². The molecule has 1 aliphatic rings. The molecule has 1 saturated carbocycles. The summed E-state index contributed by atoms with van der Waals surface area (Å²) in [4.78, 5) is 11.7. The number of amides is 1. The Kier molecular flexibility index (Phi) is 6.46. The van der Waals surface area contributed by atoms with Gasteiger partial charge in [-0.1, -0.05) is 0 Å². The molecule has 23 heavy (non-hydrogen) atoms. The summed E-state index contributed by atoms with van der Waals surface area (Å²) in [6.07, 6.45) is 1.63. The highest BCUT2D eigenvalue weighted by atomic mass is 35.5. The van der Waals surface area contributed by atoms with Gasteiger partial charge in [-0.25, -0.2) is 21.9 Å². The SMILES string of the molecule is Cl.NCC(F)(F)CNC(=O)c1ccc(S(=O)(=O)NC2CC2)cc1. The van der Waals surface area contributed by atoms with Crippen molar-refractivity contribution in [3.63, 3.8) is 0 Å². The minimum absolute atomic E-state index is 0. The van der Waals surface area contributed by atoms with Crippen LogP contribution in [-0.2, 0) is 10.0 Å². The molecule has 10 heteroatoms. The van der Waals surface area contributed by atoms with Gasteiger partial charge in [0.2, 0.25) is 10.0 Å². The lowest BCUT2D eigenvalue weighted by molar-refractivity contribution is 0.0118. The molecule has 0 aromatic heterocycles. The fourth-order valence-corrected chi connectivity index (χ4v) is 2.96. The molecule has 0 spiro atoms. The summed E-state index contributed by atoms with van der Waals surface area (Å²) >= 11 is 0. The average molecular weight is 370 g/mol. The predicted octanol–water partition coefficient (Wildman–Crippen LogP) is 0.873. The van der Waals surface area contributed by atoms with E-state index in [1.165, 1.54) is 24.3 Å². The quantitative estimate of drug-likeness (QED) is 0.663. The van der Waals surface area contributed by atoms with Crippen LogP contribution in [0.5, 0.6) is 0 Å². The van der Waals surface area contributed by atoms with Gasteiger partial charge in [0.25, 0.3) is 11.8 Å². The van der Waals surface area contributed by atoms with Crippen LogP contribution in [0.2, 0.25) is 0 Å². The van der Waals surface area contributed by atoms with E-state index in [9.17, 15) is 22.0 Å². The molecule has 0 unspecified atom stereocenters. The molecule has 1 aliphatic carbocycles. The first kappa shape index (κ1) is 19.8. The molecule has 0 heterocycles. The third kappa shape index (κ3) is 5.69. The second-order valence-corrected chi connectivity index (χ2v) is 6.88. The number of nitrogens with two attached hydrogens (primary N) is 1. The molecule has 1 aromatic carbocycles. The molecule has 130 valence electrons. The van der Waals surface area contributed by atoms with Crippen LogP contribution in [-0.4, -0.2) is 39.4 Å². The second-order valence-electron chi connectivity index (χ2n) is 5.16. The van der Waals surface area contributed by atoms with E-state index >= 15 is 0 Å². The standard InChI is InChI=1S/C13H17F2N3O3S.ClH/c14-13(15,7-16)8-17-12(19)9-1-5-11(6-2-9)22(20,21)18-10-3-4-10;/h1-2,5-6,10,18H,3-4,7-8,16H2,(H,17,19);1H. The van der Waals surface area contributed by atoms with E-state index in [4.69, 9.17) is 5.73 Å². The van der Waals surface area contributed by atoms with Gasteiger partial charge in [0.05, 0.1) is 18.0 Å². The Morgan fingerprint density at radius 3 is 2.30 bits per heavy atom. The maximum atomic E-state index is 12.9. The number of halogens is 3. The number of carbonyl (C=O) groups is 1. The highest BCUT2D eigenvalue weighted by Gasteiger charge is 2.29. The molecule has 0 bridgehead atoms. The molecule has 2 rings (SSSR count). The molecule has 0 aliphatic heterocycles. The first-order valence-electron chi connectivity index (χ1n) is 6.72. The molecule has 0 radical (unpaired) electrons. The number of rotatable bonds is 7. The Labute approximate surface area is 139 Å². The Morgan fingerprint density at radius 1 is 1.26 bits per heavy atom. The van der Waals surface area contributed by atoms with Crippen molar-refractivity contribution in [2.24, 2.45) is 5.73 Å². The van der Waals surface area contributed by atoms with E-state index in [-0.39, 0.29) is 28.9 Å². The maximum absolute atomic E-state index is 12.9. The van der Waals surface area contributed by atoms with Gasteiger partial charge >= 0.3 is 0 Å². The zero-order valence-corrected chi connectivity index (χ0v) is 13.7. The number of carbonyl (C=O) groups excluding carboxylic acids is 1. The van der Waals surface area contributed by atoms with Crippen LogP contribution >= 0.6 is 12.4 Å². The first-order valence-corrected chi connectivity index (χ1v) is 8.20. The molecular formula is C13H18ClF2N3O3S. The van der Waals surface area contributed by atoms with Gasteiger partial charge < -0.3 is 11.1 Å². The summed E-state index contributed by atoms with van der Waals surface area (Å²) in [5.74, 6) is -3.89. The van der Waals surface area contributed by atoms with Crippen LogP contribution in [0, 0.1) is 0 Å². The third-order valence-corrected chi connectivity index (χ3v) is 4.67. The van der Waals surface area contributed by atoms with Gasteiger partial charge in [-0.2, -0.15) is 0 Å². The molecular weight excluding hydrogens is 352 g/mol. The van der Waals surface area contributed by atoms with Crippen molar-refractivity contribution in [3.05, 3.63) is 29.8 Å². The number of hydrogen-bond donors (Lipinski definition) is 3. The van der Waals surface area contributed by atoms with Crippen LogP contribution in [0.3, 0.4) is 0 Å². The molecule has 0 saturated heterocycles. The van der Waals surface area contributed by atoms with E-state index in [1.54, 1.807) is 0 Å². The zero-order chi connectivity index (χ0) is 16.4. The highest BCUT2D eigenvalue weighted by Crippen LogP contribution is 2.22. The normalized spacial score (nSPS) is 14.9. The molecule has 1 fully saturated rings. The van der Waals surface area contributed by atoms with Crippen LogP contribution in [0.25, 0.3) is 0 Å². The number of nitrogens with one attached hydrogen (secondary N) is 2. The van der Waals surface area contributed by atoms with Gasteiger partial charge in [-0.15, -0.1) is 12.4 Å². The number of sulfonamides is 1. The lowest BCUT2D eigenvalue weighted by atomic mass is 10.2. The van der Waals surface area contributed by atoms with Gasteiger partial charge in [0.15, 0.2) is 0 Å². The van der Waals surface area contributed by atoms with Gasteiger partial charge in [-0.05, 0) is 37.1 Å². The largest absolute Gasteiger partial charge is 0.346 e. The van der Waals surface area contributed by atoms with Gasteiger partial charge in [0.1, 0.15) is 0 Å². The minimum Gasteiger partial charge on any atom is -0.346 e. The van der Waals surface area contributed by atoms with E-state index in [0.717, 1.165) is 12.8 Å². The van der Waals surface area contributed by atoms with E-state index in [2.05, 4.69) is 10.0 Å². The number of benzene rings is 1. The summed E-state index contributed by atoms with van der Waals surface area (Å²) in [5.41, 5.74) is 4.96. The van der Waals surface area contributed by atoms with E-state index in [0.29, 0.717) is 0 Å². The van der Waals surface area contributed by atoms with Crippen LogP contribution in [0.1, 0.15) is 23.2 Å². The summed E-state index contributed by atoms with van der Waals surface area (Å²) in [5, 5.41) is 2.06. The lowest BCUT2D eigenvalue weighted by Crippen LogP contribution is -2.41. The zero-order valence-electron chi connectivity index (χ0n) is 12.1. The Balaban J connectivity index is 0.00000264. The summed E-state index contributed by atoms with van der Waals surface area (Å²) in [6.45, 7) is -1.73. The predicted molar refractivity (Wildman–Crippen MR) is 83.4 cm³/mol. The van der Waals surface area contributed by atoms with Crippen molar-refractivity contribution in [2.45, 2.75) is 29.7 Å². The van der Waals surface area contributed by atoms with Crippen molar-refractivity contribution in [2.75, 3.05) is 13.1 Å². The van der Waals surface area contributed by atoms with E-state index < -0.39 is 34.9 Å². The summed E-state index contributed by atoms with van der Waals surface area (Å²) in [6, 6.07) is 5.06. The molecule has 6 nitrogen and oxygen atoms in total. The van der Waals surface area contributed by atoms with Crippen LogP contribution in [0.15, 0.2) is 29.2 Å². The summed E-state index contributed by atoms with van der Waals surface area (Å²) < 4.78 is 52.3. The fraction of sp³-hybridized carbons (Fsp3) is 0.462. The number of alkyl halides is 2. The van der Waals surface area contributed by atoms with Crippen LogP contribution < -0.4 is 15.8 Å². The second kappa shape index (κ2) is 7.52. The van der Waals surface area contributed by atoms with E-state index in [1.807, 2.05) is 0 Å². The van der Waals surface area contributed by atoms with Gasteiger partial charge in [-0.3, -0.25) is 4.79 Å². The summed E-state index contributed by atoms with van der Waals surface area (Å²) in [7, 11) is -3.60. The minimum atomic E-state index is -3.60. The lowest BCUT2D eigenvalue weighted by Gasteiger charge is -2.14. The van der Waals surface area contributed by atoms with Gasteiger partial charge in [0, 0.05) is 11.6 Å². The van der Waals surface area contributed by atoms with Crippen molar-refractivity contribution < 1.29 is 22.0 Å². The van der Waals surface area contributed by atoms with Crippen molar-refractivity contribution in [1.29, 1.82) is 0 Å². The number of hydrogen-bond acceptors (Lipinski definition) is 4. The molecule has 0 atom stereocenters. The van der Waals surface area contributed by atoms with Crippen molar-refractivity contribution >= 4 is 28.3 Å². The average Bonchev–Trinajstić information content (AvgIpc) is 3.28. The van der Waals surface area contributed by atoms with Crippen LogP contribution in [0.4, 0.5) is 8.78 Å². The first-order chi connectivity index (χ1) is 10.2. The topological polar surface area (TPSA) is 101 Å². The molecule has 1 amide bonds. The maximum Gasteiger partial charge on any atom is 0.277 e.